The van der Waals surface area contributed by atoms with Gasteiger partial charge in [-0.2, -0.15) is 0 Å². The monoisotopic (exact) mass is 438 g/mol. The number of carbonyl (C=O) groups is 2. The Balaban J connectivity index is 2.45. The molecule has 32 heavy (non-hydrogen) atoms. The van der Waals surface area contributed by atoms with Crippen molar-refractivity contribution in [3.05, 3.63) is 59.7 Å². The number of nitrogens with one attached hydrogen (secondary N) is 2. The normalized spacial score (nSPS) is 12.3. The minimum atomic E-state index is -0.358. The summed E-state index contributed by atoms with van der Waals surface area (Å²) in [4.78, 5) is 29.4. The fourth-order valence-corrected chi connectivity index (χ4v) is 3.39. The van der Waals surface area contributed by atoms with Crippen molar-refractivity contribution in [2.24, 2.45) is 5.92 Å². The highest BCUT2D eigenvalue weighted by Crippen LogP contribution is 2.29. The molecule has 0 radical (unpaired) electrons. The number of nitrogens with zero attached hydrogens (tertiary/aromatic N) is 2. The van der Waals surface area contributed by atoms with E-state index in [-0.39, 0.29) is 29.4 Å². The van der Waals surface area contributed by atoms with Crippen LogP contribution in [0.5, 0.6) is 0 Å². The molecular formula is C26H38N4O2. The summed E-state index contributed by atoms with van der Waals surface area (Å²) in [5, 5.41) is 6.08. The highest BCUT2D eigenvalue weighted by Gasteiger charge is 2.26. The summed E-state index contributed by atoms with van der Waals surface area (Å²) >= 11 is 0. The van der Waals surface area contributed by atoms with Crippen LogP contribution in [-0.2, 0) is 11.3 Å². The van der Waals surface area contributed by atoms with Crippen LogP contribution in [0, 0.1) is 5.92 Å². The number of rotatable bonds is 7. The minimum Gasteiger partial charge on any atom is -0.377 e. The van der Waals surface area contributed by atoms with Crippen molar-refractivity contribution in [1.29, 1.82) is 0 Å². The Hall–Kier alpha value is -3.02. The molecule has 0 aliphatic heterocycles. The fraction of sp³-hybridized carbons (Fsp3) is 0.462. The van der Waals surface area contributed by atoms with Gasteiger partial charge in [0.05, 0.1) is 12.6 Å². The van der Waals surface area contributed by atoms with E-state index < -0.39 is 0 Å². The zero-order valence-electron chi connectivity index (χ0n) is 20.7. The highest BCUT2D eigenvalue weighted by atomic mass is 16.2. The van der Waals surface area contributed by atoms with E-state index in [4.69, 9.17) is 0 Å². The van der Waals surface area contributed by atoms with E-state index in [0.717, 1.165) is 22.5 Å². The summed E-state index contributed by atoms with van der Waals surface area (Å²) in [6.07, 6.45) is 0. The predicted octanol–water partition coefficient (Wildman–Crippen LogP) is 5.42. The average Bonchev–Trinajstić information content (AvgIpc) is 2.70. The lowest BCUT2D eigenvalue weighted by Crippen LogP contribution is -2.49. The largest absolute Gasteiger partial charge is 0.377 e. The Kier molecular flexibility index (Phi) is 8.31. The molecule has 0 heterocycles. The first kappa shape index (κ1) is 25.2. The van der Waals surface area contributed by atoms with E-state index in [1.807, 2.05) is 114 Å². The van der Waals surface area contributed by atoms with E-state index in [9.17, 15) is 9.59 Å². The molecule has 0 fully saturated rings. The minimum absolute atomic E-state index is 0.0338. The van der Waals surface area contributed by atoms with E-state index in [0.29, 0.717) is 6.54 Å². The standard InChI is InChI=1S/C26H38N4O2/c1-18(2)24(31)27-22-14-15-23(29(7)8)21(16-22)17-30(25(32)28-26(4,5)6)19(3)20-12-10-9-11-13-20/h9-16,18-19H,17H2,1-8H3,(H,27,31)(H,28,32)/t19-/m0/s1. The molecule has 2 N–H and O–H groups in total. The van der Waals surface area contributed by atoms with Gasteiger partial charge in [0.1, 0.15) is 0 Å². The van der Waals surface area contributed by atoms with Crippen LogP contribution in [0.25, 0.3) is 0 Å². The lowest BCUT2D eigenvalue weighted by atomic mass is 10.0. The number of carbonyl (C=O) groups excluding carboxylic acids is 2. The summed E-state index contributed by atoms with van der Waals surface area (Å²) in [6, 6.07) is 15.6. The number of anilines is 2. The first-order valence-electron chi connectivity index (χ1n) is 11.1. The molecule has 0 aliphatic carbocycles. The molecule has 0 saturated carbocycles. The molecule has 2 aromatic rings. The Morgan fingerprint density at radius 2 is 1.59 bits per heavy atom. The summed E-state index contributed by atoms with van der Waals surface area (Å²) < 4.78 is 0. The van der Waals surface area contributed by atoms with Crippen LogP contribution in [0.4, 0.5) is 16.2 Å². The van der Waals surface area contributed by atoms with Gasteiger partial charge in [0.25, 0.3) is 0 Å². The topological polar surface area (TPSA) is 64.7 Å². The van der Waals surface area contributed by atoms with E-state index in [1.165, 1.54) is 0 Å². The number of hydrogen-bond acceptors (Lipinski definition) is 3. The van der Waals surface area contributed by atoms with Gasteiger partial charge in [-0.3, -0.25) is 4.79 Å². The van der Waals surface area contributed by atoms with Crippen molar-refractivity contribution in [2.45, 2.75) is 59.7 Å². The Morgan fingerprint density at radius 1 is 0.969 bits per heavy atom. The SMILES string of the molecule is CC(C)C(=O)Nc1ccc(N(C)C)c(CN(C(=O)NC(C)(C)C)[C@@H](C)c2ccccc2)c1. The van der Waals surface area contributed by atoms with Gasteiger partial charge in [0.2, 0.25) is 5.91 Å². The molecule has 2 rings (SSSR count). The first-order chi connectivity index (χ1) is 14.9. The molecule has 0 spiro atoms. The summed E-state index contributed by atoms with van der Waals surface area (Å²) in [7, 11) is 3.96. The molecule has 6 heteroatoms. The molecule has 0 aromatic heterocycles. The summed E-state index contributed by atoms with van der Waals surface area (Å²) in [6.45, 7) is 12.1. The third-order valence-electron chi connectivity index (χ3n) is 5.19. The van der Waals surface area contributed by atoms with Gasteiger partial charge in [-0.15, -0.1) is 0 Å². The molecule has 3 amide bonds. The molecule has 0 aliphatic rings. The smallest absolute Gasteiger partial charge is 0.318 e. The maximum absolute atomic E-state index is 13.3. The molecule has 0 saturated heterocycles. The quantitative estimate of drug-likeness (QED) is 0.607. The zero-order chi connectivity index (χ0) is 24.1. The van der Waals surface area contributed by atoms with Crippen molar-refractivity contribution in [1.82, 2.24) is 10.2 Å². The second kappa shape index (κ2) is 10.5. The van der Waals surface area contributed by atoms with Gasteiger partial charge in [-0.25, -0.2) is 4.79 Å². The maximum atomic E-state index is 13.3. The second-order valence-electron chi connectivity index (χ2n) is 9.78. The third kappa shape index (κ3) is 7.01. The fourth-order valence-electron chi connectivity index (χ4n) is 3.39. The van der Waals surface area contributed by atoms with Crippen LogP contribution in [-0.4, -0.2) is 36.5 Å². The first-order valence-corrected chi connectivity index (χ1v) is 11.1. The van der Waals surface area contributed by atoms with Crippen LogP contribution in [0.2, 0.25) is 0 Å². The molecule has 174 valence electrons. The average molecular weight is 439 g/mol. The molecule has 0 bridgehead atoms. The predicted molar refractivity (Wildman–Crippen MR) is 133 cm³/mol. The van der Waals surface area contributed by atoms with E-state index in [1.54, 1.807) is 0 Å². The van der Waals surface area contributed by atoms with Gasteiger partial charge in [-0.1, -0.05) is 44.2 Å². The highest BCUT2D eigenvalue weighted by molar-refractivity contribution is 5.92. The molecule has 2 aromatic carbocycles. The van der Waals surface area contributed by atoms with Crippen LogP contribution >= 0.6 is 0 Å². The maximum Gasteiger partial charge on any atom is 0.318 e. The Morgan fingerprint density at radius 3 is 2.12 bits per heavy atom. The van der Waals surface area contributed by atoms with Crippen molar-refractivity contribution in [2.75, 3.05) is 24.3 Å². The van der Waals surface area contributed by atoms with Crippen LogP contribution in [0.1, 0.15) is 58.7 Å². The lowest BCUT2D eigenvalue weighted by molar-refractivity contribution is -0.118. The van der Waals surface area contributed by atoms with Crippen LogP contribution in [0.3, 0.4) is 0 Å². The second-order valence-corrected chi connectivity index (χ2v) is 9.78. The van der Waals surface area contributed by atoms with Gasteiger partial charge in [-0.05, 0) is 57.0 Å². The van der Waals surface area contributed by atoms with Gasteiger partial charge in [0, 0.05) is 36.9 Å². The lowest BCUT2D eigenvalue weighted by Gasteiger charge is -2.34. The molecular weight excluding hydrogens is 400 g/mol. The van der Waals surface area contributed by atoms with Crippen molar-refractivity contribution >= 4 is 23.3 Å². The van der Waals surface area contributed by atoms with Crippen molar-refractivity contribution in [3.8, 4) is 0 Å². The Labute approximate surface area is 193 Å². The van der Waals surface area contributed by atoms with Gasteiger partial charge in [0.15, 0.2) is 0 Å². The summed E-state index contributed by atoms with van der Waals surface area (Å²) in [5.41, 5.74) is 3.40. The van der Waals surface area contributed by atoms with E-state index in [2.05, 4.69) is 10.6 Å². The number of urea groups is 1. The van der Waals surface area contributed by atoms with Gasteiger partial charge >= 0.3 is 6.03 Å². The Bertz CT molecular complexity index is 917. The number of hydrogen-bond donors (Lipinski definition) is 2. The van der Waals surface area contributed by atoms with Gasteiger partial charge < -0.3 is 20.4 Å². The zero-order valence-corrected chi connectivity index (χ0v) is 20.7. The summed E-state index contributed by atoms with van der Waals surface area (Å²) in [5.74, 6) is -0.146. The van der Waals surface area contributed by atoms with Crippen molar-refractivity contribution < 1.29 is 9.59 Å². The van der Waals surface area contributed by atoms with Crippen LogP contribution in [0.15, 0.2) is 48.5 Å². The molecule has 0 unspecified atom stereocenters. The molecule has 6 nitrogen and oxygen atoms in total. The third-order valence-corrected chi connectivity index (χ3v) is 5.19. The number of benzene rings is 2. The van der Waals surface area contributed by atoms with E-state index >= 15 is 0 Å². The number of amides is 3. The van der Waals surface area contributed by atoms with Crippen LogP contribution < -0.4 is 15.5 Å². The van der Waals surface area contributed by atoms with Crippen molar-refractivity contribution in [3.63, 3.8) is 0 Å². The molecule has 1 atom stereocenters.